The van der Waals surface area contributed by atoms with Crippen molar-refractivity contribution in [1.29, 1.82) is 0 Å². The lowest BCUT2D eigenvalue weighted by molar-refractivity contribution is 0.540. The molecular weight excluding hydrogens is 272 g/mol. The van der Waals surface area contributed by atoms with Crippen molar-refractivity contribution in [2.45, 2.75) is 12.5 Å². The molecule has 1 atom stereocenters. The van der Waals surface area contributed by atoms with E-state index in [0.29, 0.717) is 11.0 Å². The number of para-hydroxylation sites is 1. The predicted octanol–water partition coefficient (Wildman–Crippen LogP) is 3.15. The lowest BCUT2D eigenvalue weighted by atomic mass is 9.97. The first-order valence-electron chi connectivity index (χ1n) is 6.55. The van der Waals surface area contributed by atoms with Gasteiger partial charge in [0.2, 0.25) is 0 Å². The number of hydrogen-bond acceptors (Lipinski definition) is 3. The van der Waals surface area contributed by atoms with E-state index in [1.54, 1.807) is 18.5 Å². The van der Waals surface area contributed by atoms with Crippen LogP contribution in [0.3, 0.4) is 0 Å². The molecule has 0 bridgehead atoms. The summed E-state index contributed by atoms with van der Waals surface area (Å²) in [5.41, 5.74) is 8.21. The van der Waals surface area contributed by atoms with E-state index in [9.17, 15) is 8.78 Å². The Hall–Kier alpha value is -2.40. The summed E-state index contributed by atoms with van der Waals surface area (Å²) < 4.78 is 27.4. The van der Waals surface area contributed by atoms with Gasteiger partial charge in [0.1, 0.15) is 11.6 Å². The number of rotatable bonds is 3. The van der Waals surface area contributed by atoms with E-state index in [-0.39, 0.29) is 12.0 Å². The number of halogens is 2. The lowest BCUT2D eigenvalue weighted by Gasteiger charge is -2.14. The van der Waals surface area contributed by atoms with Crippen LogP contribution in [0.5, 0.6) is 0 Å². The fourth-order valence-corrected chi connectivity index (χ4v) is 2.37. The van der Waals surface area contributed by atoms with Gasteiger partial charge in [-0.1, -0.05) is 18.2 Å². The van der Waals surface area contributed by atoms with E-state index >= 15 is 0 Å². The first-order valence-corrected chi connectivity index (χ1v) is 6.55. The van der Waals surface area contributed by atoms with E-state index < -0.39 is 17.7 Å². The Balaban J connectivity index is 2.00. The Morgan fingerprint density at radius 1 is 0.952 bits per heavy atom. The zero-order chi connectivity index (χ0) is 14.8. The molecule has 1 aromatic heterocycles. The first kappa shape index (κ1) is 13.6. The standard InChI is InChI=1S/C16H13F2N3/c17-12-4-2-5-13(18)11(12)9-14(19)10-3-1-6-15-16(10)21-8-7-20-15/h1-8,14H,9,19H2. The minimum absolute atomic E-state index is 0.00843. The Labute approximate surface area is 120 Å². The van der Waals surface area contributed by atoms with Crippen LogP contribution in [-0.2, 0) is 6.42 Å². The van der Waals surface area contributed by atoms with Crippen molar-refractivity contribution in [2.75, 3.05) is 0 Å². The molecule has 0 aliphatic heterocycles. The smallest absolute Gasteiger partial charge is 0.129 e. The maximum absolute atomic E-state index is 13.7. The summed E-state index contributed by atoms with van der Waals surface area (Å²) in [6.07, 6.45) is 3.23. The van der Waals surface area contributed by atoms with E-state index in [1.807, 2.05) is 12.1 Å². The molecule has 0 amide bonds. The Kier molecular flexibility index (Phi) is 3.58. The van der Waals surface area contributed by atoms with Gasteiger partial charge in [-0.3, -0.25) is 9.97 Å². The van der Waals surface area contributed by atoms with Crippen LogP contribution in [0.1, 0.15) is 17.2 Å². The van der Waals surface area contributed by atoms with Crippen molar-refractivity contribution in [3.8, 4) is 0 Å². The Morgan fingerprint density at radius 2 is 1.62 bits per heavy atom. The minimum Gasteiger partial charge on any atom is -0.324 e. The summed E-state index contributed by atoms with van der Waals surface area (Å²) in [7, 11) is 0. The lowest BCUT2D eigenvalue weighted by Crippen LogP contribution is -2.16. The monoisotopic (exact) mass is 285 g/mol. The Morgan fingerprint density at radius 3 is 2.38 bits per heavy atom. The fraction of sp³-hybridized carbons (Fsp3) is 0.125. The predicted molar refractivity (Wildman–Crippen MR) is 76.5 cm³/mol. The van der Waals surface area contributed by atoms with Gasteiger partial charge in [0.05, 0.1) is 11.0 Å². The Bertz CT molecular complexity index is 764. The highest BCUT2D eigenvalue weighted by Gasteiger charge is 2.16. The summed E-state index contributed by atoms with van der Waals surface area (Å²) in [5.74, 6) is -1.17. The molecule has 1 heterocycles. The maximum atomic E-state index is 13.7. The number of hydrogen-bond donors (Lipinski definition) is 1. The number of nitrogens with zero attached hydrogens (tertiary/aromatic N) is 2. The van der Waals surface area contributed by atoms with Gasteiger partial charge in [-0.05, 0) is 30.2 Å². The number of fused-ring (bicyclic) bond motifs is 1. The average molecular weight is 285 g/mol. The van der Waals surface area contributed by atoms with Crippen molar-refractivity contribution >= 4 is 11.0 Å². The van der Waals surface area contributed by atoms with E-state index in [4.69, 9.17) is 5.73 Å². The molecule has 106 valence electrons. The third kappa shape index (κ3) is 2.60. The molecule has 5 heteroatoms. The second-order valence-corrected chi connectivity index (χ2v) is 4.78. The van der Waals surface area contributed by atoms with Gasteiger partial charge in [-0.15, -0.1) is 0 Å². The number of nitrogens with two attached hydrogens (primary N) is 1. The van der Waals surface area contributed by atoms with Crippen molar-refractivity contribution < 1.29 is 8.78 Å². The van der Waals surface area contributed by atoms with E-state index in [0.717, 1.165) is 5.56 Å². The van der Waals surface area contributed by atoms with Crippen molar-refractivity contribution in [1.82, 2.24) is 9.97 Å². The summed E-state index contributed by atoms with van der Waals surface area (Å²) in [6, 6.07) is 8.68. The highest BCUT2D eigenvalue weighted by atomic mass is 19.1. The van der Waals surface area contributed by atoms with Crippen LogP contribution < -0.4 is 5.73 Å². The van der Waals surface area contributed by atoms with Gasteiger partial charge < -0.3 is 5.73 Å². The molecule has 0 radical (unpaired) electrons. The molecule has 3 aromatic rings. The van der Waals surface area contributed by atoms with Gasteiger partial charge in [0.25, 0.3) is 0 Å². The summed E-state index contributed by atoms with van der Waals surface area (Å²) >= 11 is 0. The summed E-state index contributed by atoms with van der Waals surface area (Å²) in [6.45, 7) is 0. The number of benzene rings is 2. The summed E-state index contributed by atoms with van der Waals surface area (Å²) in [5, 5.41) is 0. The second-order valence-electron chi connectivity index (χ2n) is 4.78. The van der Waals surface area contributed by atoms with Crippen LogP contribution in [-0.4, -0.2) is 9.97 Å². The molecule has 2 N–H and O–H groups in total. The number of aromatic nitrogens is 2. The molecule has 0 fully saturated rings. The van der Waals surface area contributed by atoms with Crippen LogP contribution in [0, 0.1) is 11.6 Å². The normalized spacial score (nSPS) is 12.5. The van der Waals surface area contributed by atoms with Crippen LogP contribution in [0.2, 0.25) is 0 Å². The van der Waals surface area contributed by atoms with Gasteiger partial charge in [-0.25, -0.2) is 8.78 Å². The van der Waals surface area contributed by atoms with Crippen LogP contribution >= 0.6 is 0 Å². The highest BCUT2D eigenvalue weighted by molar-refractivity contribution is 5.78. The molecule has 0 aliphatic rings. The fourth-order valence-electron chi connectivity index (χ4n) is 2.37. The van der Waals surface area contributed by atoms with Gasteiger partial charge in [0.15, 0.2) is 0 Å². The molecular formula is C16H13F2N3. The maximum Gasteiger partial charge on any atom is 0.129 e. The molecule has 3 rings (SSSR count). The zero-order valence-corrected chi connectivity index (χ0v) is 11.1. The minimum atomic E-state index is -0.586. The quantitative estimate of drug-likeness (QED) is 0.804. The average Bonchev–Trinajstić information content (AvgIpc) is 2.50. The molecule has 2 aromatic carbocycles. The van der Waals surface area contributed by atoms with Crippen LogP contribution in [0.25, 0.3) is 11.0 Å². The van der Waals surface area contributed by atoms with Crippen LogP contribution in [0.4, 0.5) is 8.78 Å². The molecule has 1 unspecified atom stereocenters. The van der Waals surface area contributed by atoms with E-state index in [1.165, 1.54) is 18.2 Å². The topological polar surface area (TPSA) is 51.8 Å². The van der Waals surface area contributed by atoms with Crippen molar-refractivity contribution in [3.63, 3.8) is 0 Å². The first-order chi connectivity index (χ1) is 10.2. The van der Waals surface area contributed by atoms with Crippen LogP contribution in [0.15, 0.2) is 48.8 Å². The van der Waals surface area contributed by atoms with Crippen molar-refractivity contribution in [3.05, 3.63) is 71.6 Å². The van der Waals surface area contributed by atoms with Gasteiger partial charge in [0, 0.05) is 24.0 Å². The zero-order valence-electron chi connectivity index (χ0n) is 11.1. The molecule has 21 heavy (non-hydrogen) atoms. The van der Waals surface area contributed by atoms with Gasteiger partial charge in [-0.2, -0.15) is 0 Å². The largest absolute Gasteiger partial charge is 0.324 e. The second kappa shape index (κ2) is 5.54. The van der Waals surface area contributed by atoms with E-state index in [2.05, 4.69) is 9.97 Å². The summed E-state index contributed by atoms with van der Waals surface area (Å²) in [4.78, 5) is 8.46. The molecule has 3 nitrogen and oxygen atoms in total. The highest BCUT2D eigenvalue weighted by Crippen LogP contribution is 2.24. The SMILES string of the molecule is NC(Cc1c(F)cccc1F)c1cccc2nccnc12. The van der Waals surface area contributed by atoms with Crippen molar-refractivity contribution in [2.24, 2.45) is 5.73 Å². The third-order valence-corrected chi connectivity index (χ3v) is 3.42. The molecule has 0 aliphatic carbocycles. The third-order valence-electron chi connectivity index (χ3n) is 3.42. The molecule has 0 saturated carbocycles. The van der Waals surface area contributed by atoms with Gasteiger partial charge >= 0.3 is 0 Å². The molecule has 0 saturated heterocycles. The molecule has 0 spiro atoms.